The molecule has 0 unspecified atom stereocenters. The number of carbonyl (C=O) groups is 1. The Morgan fingerprint density at radius 3 is 2.69 bits per heavy atom. The number of methoxy groups -OCH3 is 1. The molecule has 0 aliphatic carbocycles. The van der Waals surface area contributed by atoms with E-state index in [1.54, 1.807) is 25.3 Å². The van der Waals surface area contributed by atoms with E-state index in [2.05, 4.69) is 0 Å². The van der Waals surface area contributed by atoms with E-state index in [0.717, 1.165) is 12.0 Å². The highest BCUT2D eigenvalue weighted by Gasteiger charge is 2.06. The third-order valence-corrected chi connectivity index (χ3v) is 1.91. The van der Waals surface area contributed by atoms with Crippen LogP contribution in [0.25, 0.3) is 0 Å². The fourth-order valence-corrected chi connectivity index (χ4v) is 1.17. The van der Waals surface area contributed by atoms with Gasteiger partial charge in [-0.05, 0) is 24.1 Å². The van der Waals surface area contributed by atoms with Gasteiger partial charge < -0.3 is 9.84 Å². The van der Waals surface area contributed by atoms with Crippen LogP contribution in [-0.4, -0.2) is 18.2 Å². The summed E-state index contributed by atoms with van der Waals surface area (Å²) in [4.78, 5) is 10.6. The van der Waals surface area contributed by atoms with Crippen molar-refractivity contribution in [2.24, 2.45) is 0 Å². The smallest absolute Gasteiger partial charge is 0.335 e. The monoisotopic (exact) mass is 180 g/mol. The minimum Gasteiger partial charge on any atom is -0.496 e. The molecule has 0 radical (unpaired) electrons. The lowest BCUT2D eigenvalue weighted by Gasteiger charge is -2.06. The van der Waals surface area contributed by atoms with Gasteiger partial charge in [0.15, 0.2) is 0 Å². The second kappa shape index (κ2) is 3.94. The van der Waals surface area contributed by atoms with Crippen LogP contribution in [0.15, 0.2) is 18.2 Å². The summed E-state index contributed by atoms with van der Waals surface area (Å²) >= 11 is 0. The summed E-state index contributed by atoms with van der Waals surface area (Å²) < 4.78 is 5.06. The van der Waals surface area contributed by atoms with Crippen molar-refractivity contribution in [3.63, 3.8) is 0 Å². The van der Waals surface area contributed by atoms with Crippen LogP contribution in [0, 0.1) is 0 Å². The average Bonchev–Trinajstić information content (AvgIpc) is 2.16. The van der Waals surface area contributed by atoms with Gasteiger partial charge in [-0.3, -0.25) is 0 Å². The number of benzene rings is 1. The van der Waals surface area contributed by atoms with E-state index in [-0.39, 0.29) is 5.56 Å². The highest BCUT2D eigenvalue weighted by Crippen LogP contribution is 2.20. The Labute approximate surface area is 77.0 Å². The van der Waals surface area contributed by atoms with Crippen LogP contribution < -0.4 is 4.74 Å². The van der Waals surface area contributed by atoms with Crippen LogP contribution in [0.2, 0.25) is 0 Å². The van der Waals surface area contributed by atoms with Gasteiger partial charge in [-0.1, -0.05) is 13.0 Å². The SMILES string of the molecule is CCc1ccc(C(=O)O)cc1OC. The molecular formula is C10H12O3. The molecule has 0 aliphatic rings. The maximum Gasteiger partial charge on any atom is 0.335 e. The maximum atomic E-state index is 10.6. The predicted octanol–water partition coefficient (Wildman–Crippen LogP) is 1.96. The summed E-state index contributed by atoms with van der Waals surface area (Å²) in [5.41, 5.74) is 1.28. The Balaban J connectivity index is 3.13. The van der Waals surface area contributed by atoms with Crippen molar-refractivity contribution >= 4 is 5.97 Å². The minimum absolute atomic E-state index is 0.258. The molecule has 0 heterocycles. The summed E-state index contributed by atoms with van der Waals surface area (Å²) in [5, 5.41) is 8.71. The largest absolute Gasteiger partial charge is 0.496 e. The fourth-order valence-electron chi connectivity index (χ4n) is 1.17. The summed E-state index contributed by atoms with van der Waals surface area (Å²) in [6, 6.07) is 4.91. The number of hydrogen-bond acceptors (Lipinski definition) is 2. The summed E-state index contributed by atoms with van der Waals surface area (Å²) in [7, 11) is 1.54. The van der Waals surface area contributed by atoms with Crippen LogP contribution in [0.4, 0.5) is 0 Å². The second-order valence-corrected chi connectivity index (χ2v) is 2.69. The summed E-state index contributed by atoms with van der Waals surface area (Å²) in [6.07, 6.45) is 0.836. The first kappa shape index (κ1) is 9.58. The molecule has 0 bridgehead atoms. The Morgan fingerprint density at radius 1 is 1.54 bits per heavy atom. The normalized spacial score (nSPS) is 9.69. The van der Waals surface area contributed by atoms with Gasteiger partial charge in [0.05, 0.1) is 12.7 Å². The minimum atomic E-state index is -0.930. The Hall–Kier alpha value is -1.51. The maximum absolute atomic E-state index is 10.6. The van der Waals surface area contributed by atoms with Crippen molar-refractivity contribution in [1.29, 1.82) is 0 Å². The topological polar surface area (TPSA) is 46.5 Å². The summed E-state index contributed by atoms with van der Waals surface area (Å²) in [5.74, 6) is -0.289. The molecule has 1 rings (SSSR count). The van der Waals surface area contributed by atoms with E-state index in [9.17, 15) is 4.79 Å². The lowest BCUT2D eigenvalue weighted by atomic mass is 10.1. The Bertz CT molecular complexity index is 318. The van der Waals surface area contributed by atoms with E-state index in [1.807, 2.05) is 6.92 Å². The predicted molar refractivity (Wildman–Crippen MR) is 49.3 cm³/mol. The van der Waals surface area contributed by atoms with Crippen LogP contribution in [-0.2, 0) is 6.42 Å². The van der Waals surface area contributed by atoms with E-state index in [1.165, 1.54) is 0 Å². The molecule has 0 aromatic heterocycles. The number of aromatic carboxylic acids is 1. The number of carboxylic acid groups (broad SMARTS) is 1. The van der Waals surface area contributed by atoms with Crippen LogP contribution in [0.1, 0.15) is 22.8 Å². The number of hydrogen-bond donors (Lipinski definition) is 1. The van der Waals surface area contributed by atoms with Crippen LogP contribution in [0.5, 0.6) is 5.75 Å². The summed E-state index contributed by atoms with van der Waals surface area (Å²) in [6.45, 7) is 2.00. The van der Waals surface area contributed by atoms with Gasteiger partial charge in [-0.25, -0.2) is 4.79 Å². The van der Waals surface area contributed by atoms with Crippen LogP contribution >= 0.6 is 0 Å². The van der Waals surface area contributed by atoms with Crippen molar-refractivity contribution in [2.75, 3.05) is 7.11 Å². The van der Waals surface area contributed by atoms with Crippen molar-refractivity contribution in [3.05, 3.63) is 29.3 Å². The van der Waals surface area contributed by atoms with Crippen LogP contribution in [0.3, 0.4) is 0 Å². The van der Waals surface area contributed by atoms with Gasteiger partial charge in [0.25, 0.3) is 0 Å². The highest BCUT2D eigenvalue weighted by atomic mass is 16.5. The molecule has 0 saturated carbocycles. The molecule has 13 heavy (non-hydrogen) atoms. The molecule has 0 fully saturated rings. The fraction of sp³-hybridized carbons (Fsp3) is 0.300. The Kier molecular flexibility index (Phi) is 2.90. The third kappa shape index (κ3) is 1.99. The molecular weight excluding hydrogens is 168 g/mol. The van der Waals surface area contributed by atoms with E-state index in [0.29, 0.717) is 5.75 Å². The molecule has 3 nitrogen and oxygen atoms in total. The van der Waals surface area contributed by atoms with Gasteiger partial charge in [-0.15, -0.1) is 0 Å². The zero-order valence-electron chi connectivity index (χ0n) is 7.70. The van der Waals surface area contributed by atoms with Crippen molar-refractivity contribution in [1.82, 2.24) is 0 Å². The molecule has 0 aliphatic heterocycles. The zero-order valence-corrected chi connectivity index (χ0v) is 7.70. The highest BCUT2D eigenvalue weighted by molar-refractivity contribution is 5.88. The first-order chi connectivity index (χ1) is 6.19. The molecule has 0 atom stereocenters. The number of carboxylic acids is 1. The number of rotatable bonds is 3. The number of ether oxygens (including phenoxy) is 1. The van der Waals surface area contributed by atoms with E-state index < -0.39 is 5.97 Å². The van der Waals surface area contributed by atoms with Crippen molar-refractivity contribution < 1.29 is 14.6 Å². The van der Waals surface area contributed by atoms with Gasteiger partial charge in [0.2, 0.25) is 0 Å². The van der Waals surface area contributed by atoms with Gasteiger partial charge in [0, 0.05) is 0 Å². The van der Waals surface area contributed by atoms with Gasteiger partial charge in [-0.2, -0.15) is 0 Å². The lowest BCUT2D eigenvalue weighted by molar-refractivity contribution is 0.0696. The first-order valence-electron chi connectivity index (χ1n) is 4.09. The molecule has 0 saturated heterocycles. The van der Waals surface area contributed by atoms with Gasteiger partial charge >= 0.3 is 5.97 Å². The quantitative estimate of drug-likeness (QED) is 0.773. The van der Waals surface area contributed by atoms with E-state index in [4.69, 9.17) is 9.84 Å². The molecule has 1 aromatic rings. The molecule has 1 N–H and O–H groups in total. The van der Waals surface area contributed by atoms with Gasteiger partial charge in [0.1, 0.15) is 5.75 Å². The molecule has 70 valence electrons. The van der Waals surface area contributed by atoms with E-state index >= 15 is 0 Å². The lowest BCUT2D eigenvalue weighted by Crippen LogP contribution is -1.98. The average molecular weight is 180 g/mol. The standard InChI is InChI=1S/C10H12O3/c1-3-7-4-5-8(10(11)12)6-9(7)13-2/h4-6H,3H2,1-2H3,(H,11,12). The number of aryl methyl sites for hydroxylation is 1. The zero-order chi connectivity index (χ0) is 9.84. The molecule has 1 aromatic carbocycles. The van der Waals surface area contributed by atoms with Crippen molar-refractivity contribution in [3.8, 4) is 5.75 Å². The first-order valence-corrected chi connectivity index (χ1v) is 4.09. The molecule has 0 spiro atoms. The Morgan fingerprint density at radius 2 is 2.23 bits per heavy atom. The van der Waals surface area contributed by atoms with Crippen molar-refractivity contribution in [2.45, 2.75) is 13.3 Å². The molecule has 0 amide bonds. The second-order valence-electron chi connectivity index (χ2n) is 2.69. The molecule has 3 heteroatoms. The third-order valence-electron chi connectivity index (χ3n) is 1.91.